The summed E-state index contributed by atoms with van der Waals surface area (Å²) in [7, 11) is 0. The van der Waals surface area contributed by atoms with Crippen molar-refractivity contribution >= 4 is 11.6 Å². The van der Waals surface area contributed by atoms with Gasteiger partial charge >= 0.3 is 6.18 Å². The van der Waals surface area contributed by atoms with Gasteiger partial charge < -0.3 is 21.1 Å². The Kier molecular flexibility index (Phi) is 6.19. The number of hydrogen-bond acceptors (Lipinski definition) is 6. The van der Waals surface area contributed by atoms with Gasteiger partial charge in [-0.2, -0.15) is 13.2 Å². The van der Waals surface area contributed by atoms with Gasteiger partial charge in [-0.3, -0.25) is 0 Å². The number of nitrogens with zero attached hydrogens (tertiary/aromatic N) is 3. The summed E-state index contributed by atoms with van der Waals surface area (Å²) < 4.78 is 54.8. The van der Waals surface area contributed by atoms with Crippen LogP contribution in [0.5, 0.6) is 0 Å². The Bertz CT molecular complexity index is 884. The van der Waals surface area contributed by atoms with E-state index in [0.29, 0.717) is 19.6 Å². The van der Waals surface area contributed by atoms with Gasteiger partial charge in [-0.1, -0.05) is 6.07 Å². The van der Waals surface area contributed by atoms with Crippen LogP contribution >= 0.6 is 0 Å². The van der Waals surface area contributed by atoms with Gasteiger partial charge in [0.05, 0.1) is 11.3 Å². The highest BCUT2D eigenvalue weighted by molar-refractivity contribution is 5.49. The number of rotatable bonds is 5. The molecule has 10 heteroatoms. The summed E-state index contributed by atoms with van der Waals surface area (Å²) in [5, 5.41) is 13.9. The first kappa shape index (κ1) is 22.2. The number of halogens is 4. The quantitative estimate of drug-likeness (QED) is 0.636. The van der Waals surface area contributed by atoms with Gasteiger partial charge in [-0.25, -0.2) is 14.4 Å². The number of piperazine rings is 1. The molecule has 0 saturated carbocycles. The minimum Gasteiger partial charge on any atom is -0.383 e. The van der Waals surface area contributed by atoms with Gasteiger partial charge in [-0.05, 0) is 38.5 Å². The SMILES string of the molecule is CC(C)(F)CC1CN(c2ccc(C(F)(F)F)c(C(O)c3cccnc3N)n2)CCN1. The fourth-order valence-electron chi connectivity index (χ4n) is 3.65. The summed E-state index contributed by atoms with van der Waals surface area (Å²) >= 11 is 0. The van der Waals surface area contributed by atoms with E-state index in [1.807, 2.05) is 0 Å². The van der Waals surface area contributed by atoms with Gasteiger partial charge in [0.15, 0.2) is 0 Å². The molecule has 2 unspecified atom stereocenters. The molecule has 0 spiro atoms. The van der Waals surface area contributed by atoms with E-state index >= 15 is 0 Å². The van der Waals surface area contributed by atoms with Crippen LogP contribution in [-0.2, 0) is 6.18 Å². The molecular weight excluding hydrogens is 402 g/mol. The molecule has 0 radical (unpaired) electrons. The summed E-state index contributed by atoms with van der Waals surface area (Å²) in [6.07, 6.45) is -4.76. The summed E-state index contributed by atoms with van der Waals surface area (Å²) in [4.78, 5) is 9.78. The second-order valence-corrected chi connectivity index (χ2v) is 8.00. The molecule has 1 fully saturated rings. The van der Waals surface area contributed by atoms with Crippen molar-refractivity contribution < 1.29 is 22.7 Å². The van der Waals surface area contributed by atoms with Crippen LogP contribution in [0.4, 0.5) is 29.2 Å². The first-order valence-electron chi connectivity index (χ1n) is 9.59. The lowest BCUT2D eigenvalue weighted by molar-refractivity contribution is -0.139. The highest BCUT2D eigenvalue weighted by Crippen LogP contribution is 2.37. The Hall–Kier alpha value is -2.46. The van der Waals surface area contributed by atoms with Crippen LogP contribution in [0.3, 0.4) is 0 Å². The first-order valence-corrected chi connectivity index (χ1v) is 9.59. The number of anilines is 2. The van der Waals surface area contributed by atoms with E-state index in [1.165, 1.54) is 38.2 Å². The number of aliphatic hydroxyl groups is 1. The predicted octanol–water partition coefficient (Wildman–Crippen LogP) is 3.08. The Labute approximate surface area is 172 Å². The molecule has 30 heavy (non-hydrogen) atoms. The van der Waals surface area contributed by atoms with E-state index in [0.717, 1.165) is 6.07 Å². The zero-order valence-corrected chi connectivity index (χ0v) is 16.7. The lowest BCUT2D eigenvalue weighted by Crippen LogP contribution is -2.52. The Balaban J connectivity index is 1.96. The monoisotopic (exact) mass is 427 g/mol. The van der Waals surface area contributed by atoms with Gasteiger partial charge in [0.2, 0.25) is 0 Å². The predicted molar refractivity (Wildman–Crippen MR) is 106 cm³/mol. The third-order valence-corrected chi connectivity index (χ3v) is 4.95. The van der Waals surface area contributed by atoms with E-state index < -0.39 is 29.2 Å². The normalized spacial score (nSPS) is 19.0. The van der Waals surface area contributed by atoms with Crippen molar-refractivity contribution in [3.8, 4) is 0 Å². The maximum Gasteiger partial charge on any atom is 0.418 e. The van der Waals surface area contributed by atoms with E-state index in [9.17, 15) is 22.7 Å². The molecule has 4 N–H and O–H groups in total. The fraction of sp³-hybridized carbons (Fsp3) is 0.500. The molecule has 2 aromatic heterocycles. The third kappa shape index (κ3) is 5.17. The Morgan fingerprint density at radius 3 is 2.63 bits per heavy atom. The van der Waals surface area contributed by atoms with Crippen LogP contribution in [0.1, 0.15) is 43.2 Å². The molecule has 2 aromatic rings. The minimum atomic E-state index is -4.71. The standard InChI is InChI=1S/C20H25F4N5O/c1-19(2,21)10-12-11-29(9-8-26-12)15-6-5-14(20(22,23)24)16(28-15)17(30)13-4-3-7-27-18(13)25/h3-7,12,17,26,30H,8-11H2,1-2H3,(H2,25,27). The van der Waals surface area contributed by atoms with Crippen molar-refractivity contribution in [1.29, 1.82) is 0 Å². The fourth-order valence-corrected chi connectivity index (χ4v) is 3.65. The number of nitrogen functional groups attached to an aromatic ring is 1. The number of alkyl halides is 4. The zero-order valence-electron chi connectivity index (χ0n) is 16.7. The summed E-state index contributed by atoms with van der Waals surface area (Å²) in [5.74, 6) is 0.209. The number of nitrogens with one attached hydrogen (secondary N) is 1. The van der Waals surface area contributed by atoms with E-state index in [4.69, 9.17) is 5.73 Å². The maximum atomic E-state index is 14.0. The molecule has 6 nitrogen and oxygen atoms in total. The Morgan fingerprint density at radius 1 is 1.27 bits per heavy atom. The van der Waals surface area contributed by atoms with E-state index in [-0.39, 0.29) is 29.7 Å². The highest BCUT2D eigenvalue weighted by Gasteiger charge is 2.37. The number of nitrogens with two attached hydrogens (primary N) is 1. The van der Waals surface area contributed by atoms with Gasteiger partial charge in [-0.15, -0.1) is 0 Å². The smallest absolute Gasteiger partial charge is 0.383 e. The molecule has 1 aliphatic heterocycles. The largest absolute Gasteiger partial charge is 0.418 e. The van der Waals surface area contributed by atoms with Crippen molar-refractivity contribution in [3.63, 3.8) is 0 Å². The third-order valence-electron chi connectivity index (χ3n) is 4.95. The summed E-state index contributed by atoms with van der Waals surface area (Å²) in [5.41, 5.74) is 2.82. The summed E-state index contributed by atoms with van der Waals surface area (Å²) in [6, 6.07) is 4.89. The molecule has 164 valence electrons. The molecule has 1 aliphatic rings. The number of aliphatic hydroxyl groups excluding tert-OH is 1. The van der Waals surface area contributed by atoms with Crippen LogP contribution in [0.2, 0.25) is 0 Å². The van der Waals surface area contributed by atoms with Crippen molar-refractivity contribution in [2.24, 2.45) is 0 Å². The topological polar surface area (TPSA) is 87.3 Å². The first-order chi connectivity index (χ1) is 14.0. The van der Waals surface area contributed by atoms with Crippen molar-refractivity contribution in [2.45, 2.75) is 44.3 Å². The number of pyridine rings is 2. The number of aromatic nitrogens is 2. The average molecular weight is 427 g/mol. The maximum absolute atomic E-state index is 14.0. The van der Waals surface area contributed by atoms with E-state index in [2.05, 4.69) is 15.3 Å². The van der Waals surface area contributed by atoms with Crippen LogP contribution in [0.25, 0.3) is 0 Å². The van der Waals surface area contributed by atoms with Crippen molar-refractivity contribution in [2.75, 3.05) is 30.3 Å². The molecule has 2 atom stereocenters. The highest BCUT2D eigenvalue weighted by atomic mass is 19.4. The zero-order chi connectivity index (χ0) is 22.1. The van der Waals surface area contributed by atoms with Crippen LogP contribution < -0.4 is 16.0 Å². The van der Waals surface area contributed by atoms with Gasteiger partial charge in [0.25, 0.3) is 0 Å². The lowest BCUT2D eigenvalue weighted by Gasteiger charge is -2.36. The molecule has 3 heterocycles. The second-order valence-electron chi connectivity index (χ2n) is 8.00. The molecule has 0 amide bonds. The molecule has 0 bridgehead atoms. The Morgan fingerprint density at radius 2 is 2.00 bits per heavy atom. The second kappa shape index (κ2) is 8.35. The average Bonchev–Trinajstić information content (AvgIpc) is 2.65. The molecule has 1 saturated heterocycles. The van der Waals surface area contributed by atoms with Crippen molar-refractivity contribution in [1.82, 2.24) is 15.3 Å². The van der Waals surface area contributed by atoms with Gasteiger partial charge in [0, 0.05) is 37.4 Å². The minimum absolute atomic E-state index is 0.0463. The van der Waals surface area contributed by atoms with Crippen LogP contribution in [0, 0.1) is 0 Å². The number of hydrogen-bond donors (Lipinski definition) is 3. The summed E-state index contributed by atoms with van der Waals surface area (Å²) in [6.45, 7) is 4.38. The van der Waals surface area contributed by atoms with E-state index in [1.54, 1.807) is 4.90 Å². The lowest BCUT2D eigenvalue weighted by atomic mass is 9.99. The van der Waals surface area contributed by atoms with Gasteiger partial charge in [0.1, 0.15) is 23.4 Å². The molecule has 3 rings (SSSR count). The van der Waals surface area contributed by atoms with Crippen LogP contribution in [-0.4, -0.2) is 46.4 Å². The molecular formula is C20H25F4N5O. The van der Waals surface area contributed by atoms with Crippen LogP contribution in [0.15, 0.2) is 30.5 Å². The molecule has 0 aliphatic carbocycles. The van der Waals surface area contributed by atoms with Crippen molar-refractivity contribution in [3.05, 3.63) is 47.3 Å². The molecule has 0 aromatic carbocycles.